The Hall–Kier alpha value is -2.74. The number of hydrogen-bond acceptors (Lipinski definition) is 7. The number of methoxy groups -OCH3 is 3. The van der Waals surface area contributed by atoms with Gasteiger partial charge in [-0.2, -0.15) is 0 Å². The van der Waals surface area contributed by atoms with Crippen LogP contribution in [0.5, 0.6) is 17.2 Å². The number of piperidine rings is 1. The van der Waals surface area contributed by atoms with Crippen LogP contribution in [0.4, 0.5) is 0 Å². The molecular formula is C28H32ClNO6. The lowest BCUT2D eigenvalue weighted by atomic mass is 9.58. The van der Waals surface area contributed by atoms with E-state index >= 15 is 0 Å². The largest absolute Gasteiger partial charge is 0.500 e. The van der Waals surface area contributed by atoms with Gasteiger partial charge in [-0.25, -0.2) is 0 Å². The van der Waals surface area contributed by atoms with Crippen molar-refractivity contribution in [3.05, 3.63) is 64.9 Å². The molecule has 0 aromatic heterocycles. The molecule has 2 aromatic rings. The minimum Gasteiger partial charge on any atom is -0.500 e. The standard InChI is InChI=1S/C28H32ClNO6/c1-14-11-19-22(17(16-9-7-6-8-10-16)12-18(30-19)15(2)33-3)26(31)28(14)27(32)23-20(34-4)13-21(35-5)24(29)25(23)36-28/h6-10,13-14,17-19,22,26,30-31H,2,11-12H2,1,3-5H3. The van der Waals surface area contributed by atoms with Crippen molar-refractivity contribution in [2.45, 2.75) is 49.5 Å². The summed E-state index contributed by atoms with van der Waals surface area (Å²) in [6.45, 7) is 6.03. The zero-order chi connectivity index (χ0) is 25.8. The van der Waals surface area contributed by atoms with Gasteiger partial charge in [0.05, 0.1) is 27.4 Å². The number of ether oxygens (including phenoxy) is 4. The Morgan fingerprint density at radius 3 is 2.50 bits per heavy atom. The number of fused-ring (bicyclic) bond motifs is 2. The first kappa shape index (κ1) is 24.9. The van der Waals surface area contributed by atoms with Crippen molar-refractivity contribution in [2.75, 3.05) is 21.3 Å². The number of aliphatic hydroxyl groups excluding tert-OH is 1. The highest BCUT2D eigenvalue weighted by atomic mass is 35.5. The predicted octanol–water partition coefficient (Wildman–Crippen LogP) is 4.36. The van der Waals surface area contributed by atoms with E-state index in [-0.39, 0.29) is 52.0 Å². The first-order valence-corrected chi connectivity index (χ1v) is 12.6. The smallest absolute Gasteiger partial charge is 0.216 e. The van der Waals surface area contributed by atoms with E-state index in [0.29, 0.717) is 30.1 Å². The van der Waals surface area contributed by atoms with Crippen molar-refractivity contribution in [1.82, 2.24) is 5.32 Å². The molecule has 1 saturated carbocycles. The Morgan fingerprint density at radius 1 is 1.17 bits per heavy atom. The third-order valence-corrected chi connectivity index (χ3v) is 8.66. The average Bonchev–Trinajstić information content (AvgIpc) is 3.21. The van der Waals surface area contributed by atoms with Crippen LogP contribution in [0.15, 0.2) is 48.7 Å². The minimum absolute atomic E-state index is 0.0549. The molecule has 2 fully saturated rings. The summed E-state index contributed by atoms with van der Waals surface area (Å²) in [5.41, 5.74) is -0.155. The number of aliphatic hydroxyl groups is 1. The van der Waals surface area contributed by atoms with Crippen LogP contribution in [0, 0.1) is 11.8 Å². The molecule has 0 bridgehead atoms. The van der Waals surface area contributed by atoms with Gasteiger partial charge >= 0.3 is 0 Å². The fraction of sp³-hybridized carbons (Fsp3) is 0.464. The second-order valence-corrected chi connectivity index (χ2v) is 10.3. The number of halogens is 1. The van der Waals surface area contributed by atoms with Crippen LogP contribution in [-0.4, -0.2) is 56.0 Å². The summed E-state index contributed by atoms with van der Waals surface area (Å²) in [7, 11) is 4.59. The van der Waals surface area contributed by atoms with Gasteiger partial charge in [-0.05, 0) is 24.3 Å². The molecule has 36 heavy (non-hydrogen) atoms. The van der Waals surface area contributed by atoms with Crippen LogP contribution < -0.4 is 19.5 Å². The van der Waals surface area contributed by atoms with E-state index in [1.807, 2.05) is 25.1 Å². The first-order chi connectivity index (χ1) is 17.3. The van der Waals surface area contributed by atoms with Crippen LogP contribution in [0.3, 0.4) is 0 Å². The van der Waals surface area contributed by atoms with Crippen molar-refractivity contribution in [3.63, 3.8) is 0 Å². The van der Waals surface area contributed by atoms with Gasteiger partial charge in [-0.3, -0.25) is 4.79 Å². The molecular weight excluding hydrogens is 482 g/mol. The molecule has 3 aliphatic rings. The molecule has 7 atom stereocenters. The molecule has 192 valence electrons. The molecule has 1 spiro atoms. The molecule has 0 amide bonds. The molecule has 2 heterocycles. The van der Waals surface area contributed by atoms with Gasteiger partial charge < -0.3 is 29.4 Å². The van der Waals surface area contributed by atoms with Crippen LogP contribution in [0.25, 0.3) is 0 Å². The van der Waals surface area contributed by atoms with Gasteiger partial charge in [0.15, 0.2) is 5.75 Å². The monoisotopic (exact) mass is 513 g/mol. The summed E-state index contributed by atoms with van der Waals surface area (Å²) in [6.07, 6.45) is 0.167. The SMILES string of the molecule is C=C(OC)C1CC(c2ccccc2)C2C(CC(C)C3(Oc4c(Cl)c(OC)cc(OC)c4C3=O)C2O)N1. The van der Waals surface area contributed by atoms with Gasteiger partial charge in [0, 0.05) is 23.9 Å². The van der Waals surface area contributed by atoms with Gasteiger partial charge in [0.2, 0.25) is 11.4 Å². The van der Waals surface area contributed by atoms with Crippen molar-refractivity contribution in [2.24, 2.45) is 11.8 Å². The number of Topliss-reactive ketones (excluding diaryl/α,β-unsaturated/α-hetero) is 1. The maximum absolute atomic E-state index is 14.1. The Bertz CT molecular complexity index is 1190. The highest BCUT2D eigenvalue weighted by Crippen LogP contribution is 2.57. The minimum atomic E-state index is -1.49. The molecule has 7 nitrogen and oxygen atoms in total. The number of carbonyl (C=O) groups is 1. The summed E-state index contributed by atoms with van der Waals surface area (Å²) in [6, 6.07) is 11.5. The molecule has 5 rings (SSSR count). The number of rotatable bonds is 5. The molecule has 2 aromatic carbocycles. The topological polar surface area (TPSA) is 86.2 Å². The Labute approximate surface area is 216 Å². The van der Waals surface area contributed by atoms with Crippen LogP contribution in [0.1, 0.15) is 41.6 Å². The fourth-order valence-electron chi connectivity index (χ4n) is 6.49. The second-order valence-electron chi connectivity index (χ2n) is 9.93. The van der Waals surface area contributed by atoms with Gasteiger partial charge in [0.1, 0.15) is 33.9 Å². The first-order valence-electron chi connectivity index (χ1n) is 12.2. The number of carbonyl (C=O) groups excluding carboxylic acids is 1. The molecule has 2 aliphatic heterocycles. The Kier molecular flexibility index (Phi) is 6.43. The van der Waals surface area contributed by atoms with E-state index in [1.54, 1.807) is 13.2 Å². The van der Waals surface area contributed by atoms with Crippen molar-refractivity contribution >= 4 is 17.4 Å². The van der Waals surface area contributed by atoms with Crippen molar-refractivity contribution in [1.29, 1.82) is 0 Å². The van der Waals surface area contributed by atoms with Crippen molar-refractivity contribution < 1.29 is 28.8 Å². The predicted molar refractivity (Wildman–Crippen MR) is 136 cm³/mol. The summed E-state index contributed by atoms with van der Waals surface area (Å²) in [4.78, 5) is 14.1. The molecule has 1 aliphatic carbocycles. The van der Waals surface area contributed by atoms with Gasteiger partial charge in [-0.1, -0.05) is 55.4 Å². The summed E-state index contributed by atoms with van der Waals surface area (Å²) in [5, 5.41) is 15.9. The van der Waals surface area contributed by atoms with E-state index in [0.717, 1.165) is 5.56 Å². The van der Waals surface area contributed by atoms with E-state index < -0.39 is 11.7 Å². The van der Waals surface area contributed by atoms with E-state index in [4.69, 9.17) is 30.5 Å². The highest BCUT2D eigenvalue weighted by Gasteiger charge is 2.66. The van der Waals surface area contributed by atoms with Crippen LogP contribution >= 0.6 is 11.6 Å². The Morgan fingerprint density at radius 2 is 1.86 bits per heavy atom. The maximum atomic E-state index is 14.1. The summed E-state index contributed by atoms with van der Waals surface area (Å²) < 4.78 is 22.8. The third kappa shape index (κ3) is 3.51. The maximum Gasteiger partial charge on any atom is 0.216 e. The van der Waals surface area contributed by atoms with Crippen LogP contribution in [-0.2, 0) is 4.74 Å². The number of ketones is 1. The number of hydrogen-bond donors (Lipinski definition) is 2. The normalized spacial score (nSPS) is 32.9. The third-order valence-electron chi connectivity index (χ3n) is 8.30. The van der Waals surface area contributed by atoms with Crippen molar-refractivity contribution in [3.8, 4) is 17.2 Å². The summed E-state index contributed by atoms with van der Waals surface area (Å²) in [5.74, 6) is 0.526. The van der Waals surface area contributed by atoms with E-state index in [9.17, 15) is 9.90 Å². The quantitative estimate of drug-likeness (QED) is 0.574. The number of nitrogens with one attached hydrogen (secondary N) is 1. The molecule has 7 unspecified atom stereocenters. The number of benzene rings is 2. The average molecular weight is 514 g/mol. The van der Waals surface area contributed by atoms with Gasteiger partial charge in [0.25, 0.3) is 0 Å². The zero-order valence-corrected chi connectivity index (χ0v) is 21.7. The lowest BCUT2D eigenvalue weighted by Crippen LogP contribution is -2.69. The van der Waals surface area contributed by atoms with Crippen LogP contribution in [0.2, 0.25) is 5.02 Å². The second kappa shape index (κ2) is 9.29. The molecule has 8 heteroatoms. The highest BCUT2D eigenvalue weighted by molar-refractivity contribution is 6.35. The Balaban J connectivity index is 1.61. The molecule has 2 N–H and O–H groups in total. The van der Waals surface area contributed by atoms with Gasteiger partial charge in [-0.15, -0.1) is 0 Å². The summed E-state index contributed by atoms with van der Waals surface area (Å²) >= 11 is 6.60. The lowest BCUT2D eigenvalue weighted by Gasteiger charge is -2.54. The zero-order valence-electron chi connectivity index (χ0n) is 20.9. The van der Waals surface area contributed by atoms with E-state index in [1.165, 1.54) is 14.2 Å². The molecule has 0 radical (unpaired) electrons. The fourth-order valence-corrected chi connectivity index (χ4v) is 6.76. The molecule has 1 saturated heterocycles. The lowest BCUT2D eigenvalue weighted by molar-refractivity contribution is -0.129. The van der Waals surface area contributed by atoms with E-state index in [2.05, 4.69) is 24.0 Å².